The topological polar surface area (TPSA) is 52.0 Å². The second-order valence-corrected chi connectivity index (χ2v) is 4.29. The molecule has 0 aliphatic carbocycles. The summed E-state index contributed by atoms with van der Waals surface area (Å²) in [4.78, 5) is 0. The van der Waals surface area contributed by atoms with E-state index in [4.69, 9.17) is 0 Å². The van der Waals surface area contributed by atoms with E-state index in [1.807, 2.05) is 0 Å². The monoisotopic (exact) mass is 266 g/mol. The number of hydrogen-bond donors (Lipinski definition) is 1. The summed E-state index contributed by atoms with van der Waals surface area (Å²) < 4.78 is 40.2. The summed E-state index contributed by atoms with van der Waals surface area (Å²) in [5.74, 6) is 0.528. The van der Waals surface area contributed by atoms with Crippen molar-refractivity contribution in [2.45, 2.75) is 33.3 Å². The van der Waals surface area contributed by atoms with Crippen molar-refractivity contribution >= 4 is 0 Å². The molecule has 0 spiro atoms. The smallest absolute Gasteiger partial charge is 0.311 e. The summed E-state index contributed by atoms with van der Waals surface area (Å²) in [6.45, 7) is 5.13. The van der Waals surface area contributed by atoms with Crippen LogP contribution in [0.4, 0.5) is 13.2 Å². The zero-order valence-corrected chi connectivity index (χ0v) is 10.4. The van der Waals surface area contributed by atoms with Gasteiger partial charge in [-0.2, -0.15) is 0 Å². The van der Waals surface area contributed by atoms with Gasteiger partial charge in [0.15, 0.2) is 0 Å². The Morgan fingerprint density at radius 1 is 1.44 bits per heavy atom. The van der Waals surface area contributed by atoms with Gasteiger partial charge < -0.3 is 5.32 Å². The van der Waals surface area contributed by atoms with Crippen LogP contribution < -0.4 is 5.32 Å². The van der Waals surface area contributed by atoms with Crippen molar-refractivity contribution in [1.29, 1.82) is 0 Å². The molecule has 0 saturated carbocycles. The van der Waals surface area contributed by atoms with Crippen molar-refractivity contribution in [2.24, 2.45) is 5.92 Å². The van der Waals surface area contributed by atoms with E-state index in [1.165, 1.54) is 4.68 Å². The highest BCUT2D eigenvalue weighted by atomic mass is 19.4. The Balaban J connectivity index is 2.26. The molecule has 1 rings (SSSR count). The summed E-state index contributed by atoms with van der Waals surface area (Å²) in [5.41, 5.74) is 0.697. The van der Waals surface area contributed by atoms with Gasteiger partial charge in [-0.1, -0.05) is 19.1 Å². The molecule has 0 saturated heterocycles. The third-order valence-corrected chi connectivity index (χ3v) is 2.03. The molecule has 0 unspecified atom stereocenters. The molecule has 0 radical (unpaired) electrons. The second kappa shape index (κ2) is 6.69. The summed E-state index contributed by atoms with van der Waals surface area (Å²) in [6, 6.07) is 0. The lowest BCUT2D eigenvalue weighted by atomic mass is 10.2. The van der Waals surface area contributed by atoms with E-state index in [-0.39, 0.29) is 6.54 Å². The van der Waals surface area contributed by atoms with Gasteiger partial charge in [-0.25, -0.2) is 4.68 Å². The van der Waals surface area contributed by atoms with Crippen LogP contribution in [0.25, 0.3) is 0 Å². The van der Waals surface area contributed by atoms with E-state index in [1.54, 1.807) is 6.20 Å². The first-order valence-electron chi connectivity index (χ1n) is 5.67. The van der Waals surface area contributed by atoms with Crippen molar-refractivity contribution < 1.29 is 17.9 Å². The first-order valence-corrected chi connectivity index (χ1v) is 5.67. The van der Waals surface area contributed by atoms with Crippen molar-refractivity contribution in [1.82, 2.24) is 20.3 Å². The SMILES string of the molecule is CC(C)CNCc1cn(CCOC(F)(F)F)nn1. The van der Waals surface area contributed by atoms with Crippen molar-refractivity contribution in [3.8, 4) is 0 Å². The van der Waals surface area contributed by atoms with Gasteiger partial charge >= 0.3 is 6.36 Å². The minimum Gasteiger partial charge on any atom is -0.311 e. The van der Waals surface area contributed by atoms with Crippen LogP contribution in [0.2, 0.25) is 0 Å². The van der Waals surface area contributed by atoms with Gasteiger partial charge in [-0.3, -0.25) is 4.74 Å². The summed E-state index contributed by atoms with van der Waals surface area (Å²) in [5, 5.41) is 10.7. The van der Waals surface area contributed by atoms with E-state index < -0.39 is 13.0 Å². The molecule has 1 heterocycles. The summed E-state index contributed by atoms with van der Waals surface area (Å²) in [7, 11) is 0. The largest absolute Gasteiger partial charge is 0.522 e. The minimum atomic E-state index is -4.60. The highest BCUT2D eigenvalue weighted by Crippen LogP contribution is 2.15. The molecule has 104 valence electrons. The van der Waals surface area contributed by atoms with Crippen LogP contribution in [-0.2, 0) is 17.8 Å². The molecule has 0 aliphatic heterocycles. The maximum absolute atomic E-state index is 11.7. The van der Waals surface area contributed by atoms with Gasteiger partial charge in [0.1, 0.15) is 0 Å². The maximum atomic E-state index is 11.7. The van der Waals surface area contributed by atoms with Crippen LogP contribution in [0.3, 0.4) is 0 Å². The van der Waals surface area contributed by atoms with Gasteiger partial charge in [0.2, 0.25) is 0 Å². The Morgan fingerprint density at radius 3 is 2.78 bits per heavy atom. The highest BCUT2D eigenvalue weighted by molar-refractivity contribution is 4.91. The quantitative estimate of drug-likeness (QED) is 0.813. The fraction of sp³-hybridized carbons (Fsp3) is 0.800. The highest BCUT2D eigenvalue weighted by Gasteiger charge is 2.28. The number of aromatic nitrogens is 3. The van der Waals surface area contributed by atoms with E-state index in [0.29, 0.717) is 18.2 Å². The predicted molar refractivity (Wildman–Crippen MR) is 58.6 cm³/mol. The Kier molecular flexibility index (Phi) is 5.54. The summed E-state index contributed by atoms with van der Waals surface area (Å²) >= 11 is 0. The number of rotatable bonds is 7. The van der Waals surface area contributed by atoms with Crippen molar-refractivity contribution in [2.75, 3.05) is 13.2 Å². The molecule has 1 aromatic rings. The van der Waals surface area contributed by atoms with Crippen LogP contribution in [0.5, 0.6) is 0 Å². The van der Waals surface area contributed by atoms with Crippen molar-refractivity contribution in [3.63, 3.8) is 0 Å². The lowest BCUT2D eigenvalue weighted by Gasteiger charge is -2.06. The molecule has 0 atom stereocenters. The number of ether oxygens (including phenoxy) is 1. The molecule has 0 aromatic carbocycles. The molecule has 1 N–H and O–H groups in total. The molecule has 18 heavy (non-hydrogen) atoms. The molecular weight excluding hydrogens is 249 g/mol. The standard InChI is InChI=1S/C10H17F3N4O/c1-8(2)5-14-6-9-7-17(16-15-9)3-4-18-10(11,12)13/h7-8,14H,3-6H2,1-2H3. The number of nitrogens with one attached hydrogen (secondary N) is 1. The number of hydrogen-bond acceptors (Lipinski definition) is 4. The molecular formula is C10H17F3N4O. The molecule has 0 amide bonds. The average molecular weight is 266 g/mol. The zero-order chi connectivity index (χ0) is 13.6. The van der Waals surface area contributed by atoms with Crippen molar-refractivity contribution in [3.05, 3.63) is 11.9 Å². The zero-order valence-electron chi connectivity index (χ0n) is 10.4. The van der Waals surface area contributed by atoms with Crippen LogP contribution in [0.15, 0.2) is 6.20 Å². The second-order valence-electron chi connectivity index (χ2n) is 4.29. The fourth-order valence-corrected chi connectivity index (χ4v) is 1.27. The first kappa shape index (κ1) is 14.9. The normalized spacial score (nSPS) is 12.3. The van der Waals surface area contributed by atoms with Crippen LogP contribution >= 0.6 is 0 Å². The van der Waals surface area contributed by atoms with E-state index in [9.17, 15) is 13.2 Å². The summed E-state index contributed by atoms with van der Waals surface area (Å²) in [6.07, 6.45) is -2.99. The van der Waals surface area contributed by atoms with Crippen LogP contribution in [-0.4, -0.2) is 34.5 Å². The lowest BCUT2D eigenvalue weighted by molar-refractivity contribution is -0.325. The molecule has 0 bridgehead atoms. The average Bonchev–Trinajstić information content (AvgIpc) is 2.63. The predicted octanol–water partition coefficient (Wildman–Crippen LogP) is 1.56. The third-order valence-electron chi connectivity index (χ3n) is 2.03. The Labute approximate surface area is 103 Å². The Morgan fingerprint density at radius 2 is 2.17 bits per heavy atom. The van der Waals surface area contributed by atoms with Gasteiger partial charge in [0, 0.05) is 12.7 Å². The van der Waals surface area contributed by atoms with Crippen LogP contribution in [0.1, 0.15) is 19.5 Å². The van der Waals surface area contributed by atoms with Gasteiger partial charge in [0.25, 0.3) is 0 Å². The number of halogens is 3. The van der Waals surface area contributed by atoms with Gasteiger partial charge in [-0.15, -0.1) is 18.3 Å². The van der Waals surface area contributed by atoms with Gasteiger partial charge in [-0.05, 0) is 12.5 Å². The van der Waals surface area contributed by atoms with E-state index in [2.05, 4.69) is 34.2 Å². The molecule has 0 fully saturated rings. The maximum Gasteiger partial charge on any atom is 0.522 e. The van der Waals surface area contributed by atoms with Gasteiger partial charge in [0.05, 0.1) is 18.8 Å². The first-order chi connectivity index (χ1) is 8.37. The molecule has 0 aliphatic rings. The Hall–Kier alpha value is -1.15. The molecule has 5 nitrogen and oxygen atoms in total. The molecule has 8 heteroatoms. The van der Waals surface area contributed by atoms with Crippen LogP contribution in [0, 0.1) is 5.92 Å². The number of alkyl halides is 3. The molecule has 1 aromatic heterocycles. The van der Waals surface area contributed by atoms with E-state index >= 15 is 0 Å². The lowest BCUT2D eigenvalue weighted by Crippen LogP contribution is -2.19. The van der Waals surface area contributed by atoms with E-state index in [0.717, 1.165) is 6.54 Å². The minimum absolute atomic E-state index is 0.0245. The Bertz CT molecular complexity index is 351. The number of nitrogens with zero attached hydrogens (tertiary/aromatic N) is 3. The fourth-order valence-electron chi connectivity index (χ4n) is 1.27. The third kappa shape index (κ3) is 6.55.